The molecule has 0 spiro atoms. The monoisotopic (exact) mass is 218 g/mol. The molecule has 4 heteroatoms. The lowest BCUT2D eigenvalue weighted by Crippen LogP contribution is -2.41. The third kappa shape index (κ3) is 1.41. The van der Waals surface area contributed by atoms with Crippen molar-refractivity contribution in [2.75, 3.05) is 23.9 Å². The molecule has 1 saturated carbocycles. The Kier molecular flexibility index (Phi) is 2.02. The average molecular weight is 218 g/mol. The van der Waals surface area contributed by atoms with Crippen LogP contribution in [0.25, 0.3) is 0 Å². The van der Waals surface area contributed by atoms with Crippen molar-refractivity contribution in [3.63, 3.8) is 0 Å². The van der Waals surface area contributed by atoms with Crippen molar-refractivity contribution >= 4 is 17.3 Å². The fourth-order valence-corrected chi connectivity index (χ4v) is 2.11. The van der Waals surface area contributed by atoms with Crippen molar-refractivity contribution < 1.29 is 9.53 Å². The first-order valence-electron chi connectivity index (χ1n) is 5.53. The Bertz CT molecular complexity index is 441. The van der Waals surface area contributed by atoms with Gasteiger partial charge in [-0.25, -0.2) is 0 Å². The number of fused-ring (bicyclic) bond motifs is 1. The zero-order chi connectivity index (χ0) is 11.1. The molecule has 0 bridgehead atoms. The van der Waals surface area contributed by atoms with E-state index in [2.05, 4.69) is 5.32 Å². The first kappa shape index (κ1) is 9.51. The van der Waals surface area contributed by atoms with Gasteiger partial charge in [-0.1, -0.05) is 0 Å². The van der Waals surface area contributed by atoms with Gasteiger partial charge >= 0.3 is 0 Å². The van der Waals surface area contributed by atoms with Crippen LogP contribution in [0.15, 0.2) is 18.2 Å². The number of carbonyl (C=O) groups is 1. The van der Waals surface area contributed by atoms with Crippen molar-refractivity contribution in [1.29, 1.82) is 0 Å². The van der Waals surface area contributed by atoms with Gasteiger partial charge in [0.1, 0.15) is 5.75 Å². The van der Waals surface area contributed by atoms with Crippen LogP contribution in [0.3, 0.4) is 0 Å². The smallest absolute Gasteiger partial charge is 0.246 e. The van der Waals surface area contributed by atoms with Gasteiger partial charge < -0.3 is 15.0 Å². The number of nitrogens with one attached hydrogen (secondary N) is 1. The summed E-state index contributed by atoms with van der Waals surface area (Å²) in [6.45, 7) is 0.399. The Morgan fingerprint density at radius 2 is 2.25 bits per heavy atom. The third-order valence-corrected chi connectivity index (χ3v) is 3.08. The maximum absolute atomic E-state index is 11.9. The standard InChI is InChI=1S/C12H14N2O2/c1-16-9-4-5-10-11(6-9)14(8-2-3-8)12(15)7-13-10/h4-6,8,13H,2-3,7H2,1H3. The summed E-state index contributed by atoms with van der Waals surface area (Å²) in [5.74, 6) is 0.948. The Morgan fingerprint density at radius 1 is 1.44 bits per heavy atom. The molecule has 0 atom stereocenters. The molecule has 1 aliphatic carbocycles. The van der Waals surface area contributed by atoms with Crippen LogP contribution < -0.4 is 15.0 Å². The maximum atomic E-state index is 11.9. The zero-order valence-electron chi connectivity index (χ0n) is 9.19. The van der Waals surface area contributed by atoms with E-state index in [1.807, 2.05) is 23.1 Å². The van der Waals surface area contributed by atoms with Crippen LogP contribution in [0.2, 0.25) is 0 Å². The van der Waals surface area contributed by atoms with E-state index >= 15 is 0 Å². The quantitative estimate of drug-likeness (QED) is 0.820. The van der Waals surface area contributed by atoms with Crippen molar-refractivity contribution in [3.05, 3.63) is 18.2 Å². The van der Waals surface area contributed by atoms with Gasteiger partial charge in [-0.2, -0.15) is 0 Å². The zero-order valence-corrected chi connectivity index (χ0v) is 9.19. The van der Waals surface area contributed by atoms with Crippen molar-refractivity contribution in [2.24, 2.45) is 0 Å². The second-order valence-corrected chi connectivity index (χ2v) is 4.23. The predicted molar refractivity (Wildman–Crippen MR) is 62.0 cm³/mol. The molecule has 16 heavy (non-hydrogen) atoms. The fraction of sp³-hybridized carbons (Fsp3) is 0.417. The summed E-state index contributed by atoms with van der Waals surface area (Å²) in [5, 5.41) is 3.13. The summed E-state index contributed by atoms with van der Waals surface area (Å²) >= 11 is 0. The number of rotatable bonds is 2. The highest BCUT2D eigenvalue weighted by atomic mass is 16.5. The first-order chi connectivity index (χ1) is 7.79. The summed E-state index contributed by atoms with van der Waals surface area (Å²) < 4.78 is 5.20. The number of benzene rings is 1. The fourth-order valence-electron chi connectivity index (χ4n) is 2.11. The average Bonchev–Trinajstić information content (AvgIpc) is 3.12. The van der Waals surface area contributed by atoms with E-state index in [4.69, 9.17) is 4.74 Å². The Labute approximate surface area is 94.2 Å². The molecule has 1 heterocycles. The normalized spacial score (nSPS) is 19.1. The molecule has 0 radical (unpaired) electrons. The number of anilines is 2. The highest BCUT2D eigenvalue weighted by molar-refractivity contribution is 6.03. The molecule has 1 aliphatic heterocycles. The van der Waals surface area contributed by atoms with Gasteiger partial charge in [0, 0.05) is 12.1 Å². The minimum atomic E-state index is 0.156. The number of hydrogen-bond acceptors (Lipinski definition) is 3. The highest BCUT2D eigenvalue weighted by Crippen LogP contribution is 2.39. The number of nitrogens with zero attached hydrogens (tertiary/aromatic N) is 1. The van der Waals surface area contributed by atoms with E-state index in [9.17, 15) is 4.79 Å². The van der Waals surface area contributed by atoms with Gasteiger partial charge in [0.25, 0.3) is 0 Å². The Hall–Kier alpha value is -1.71. The third-order valence-electron chi connectivity index (χ3n) is 3.08. The number of methoxy groups -OCH3 is 1. The topological polar surface area (TPSA) is 41.6 Å². The van der Waals surface area contributed by atoms with Crippen LogP contribution in [0.5, 0.6) is 5.75 Å². The number of amides is 1. The summed E-state index contributed by atoms with van der Waals surface area (Å²) in [6.07, 6.45) is 2.23. The Morgan fingerprint density at radius 3 is 2.94 bits per heavy atom. The molecule has 1 aromatic carbocycles. The summed E-state index contributed by atoms with van der Waals surface area (Å²) in [6, 6.07) is 6.21. The van der Waals surface area contributed by atoms with Gasteiger partial charge in [0.05, 0.1) is 25.0 Å². The predicted octanol–water partition coefficient (Wildman–Crippen LogP) is 1.62. The minimum absolute atomic E-state index is 0.156. The van der Waals surface area contributed by atoms with Crippen LogP contribution in [0, 0.1) is 0 Å². The van der Waals surface area contributed by atoms with Crippen LogP contribution in [0.1, 0.15) is 12.8 Å². The number of hydrogen-bond donors (Lipinski definition) is 1. The van der Waals surface area contributed by atoms with Gasteiger partial charge in [0.15, 0.2) is 0 Å². The molecule has 0 aromatic heterocycles. The van der Waals surface area contributed by atoms with E-state index < -0.39 is 0 Å². The van der Waals surface area contributed by atoms with E-state index in [0.717, 1.165) is 30.0 Å². The van der Waals surface area contributed by atoms with Crippen LogP contribution in [0.4, 0.5) is 11.4 Å². The van der Waals surface area contributed by atoms with Gasteiger partial charge in [-0.15, -0.1) is 0 Å². The molecule has 84 valence electrons. The van der Waals surface area contributed by atoms with Crippen molar-refractivity contribution in [2.45, 2.75) is 18.9 Å². The molecule has 1 N–H and O–H groups in total. The lowest BCUT2D eigenvalue weighted by atomic mass is 10.2. The number of ether oxygens (including phenoxy) is 1. The molecule has 0 unspecified atom stereocenters. The number of carbonyl (C=O) groups excluding carboxylic acids is 1. The molecular weight excluding hydrogens is 204 g/mol. The van der Waals surface area contributed by atoms with Gasteiger partial charge in [-0.3, -0.25) is 4.79 Å². The summed E-state index contributed by atoms with van der Waals surface area (Å²) in [4.78, 5) is 13.8. The largest absolute Gasteiger partial charge is 0.497 e. The molecule has 4 nitrogen and oxygen atoms in total. The molecule has 3 rings (SSSR count). The molecule has 1 fully saturated rings. The lowest BCUT2D eigenvalue weighted by molar-refractivity contribution is -0.117. The molecular formula is C12H14N2O2. The summed E-state index contributed by atoms with van der Waals surface area (Å²) in [5.41, 5.74) is 1.98. The van der Waals surface area contributed by atoms with Crippen molar-refractivity contribution in [1.82, 2.24) is 0 Å². The Balaban J connectivity index is 2.05. The van der Waals surface area contributed by atoms with Crippen molar-refractivity contribution in [3.8, 4) is 5.75 Å². The first-order valence-corrected chi connectivity index (χ1v) is 5.53. The van der Waals surface area contributed by atoms with Gasteiger partial charge in [0.2, 0.25) is 5.91 Å². The molecule has 0 saturated heterocycles. The second kappa shape index (κ2) is 3.40. The van der Waals surface area contributed by atoms with E-state index in [0.29, 0.717) is 12.6 Å². The van der Waals surface area contributed by atoms with Crippen LogP contribution in [-0.4, -0.2) is 25.6 Å². The molecule has 1 aromatic rings. The molecule has 1 amide bonds. The van der Waals surface area contributed by atoms with Gasteiger partial charge in [-0.05, 0) is 25.0 Å². The minimum Gasteiger partial charge on any atom is -0.497 e. The molecule has 2 aliphatic rings. The lowest BCUT2D eigenvalue weighted by Gasteiger charge is -2.30. The SMILES string of the molecule is COc1ccc2c(c1)N(C1CC1)C(=O)CN2. The second-order valence-electron chi connectivity index (χ2n) is 4.23. The highest BCUT2D eigenvalue weighted by Gasteiger charge is 2.36. The van der Waals surface area contributed by atoms with Crippen LogP contribution in [-0.2, 0) is 4.79 Å². The van der Waals surface area contributed by atoms with E-state index in [1.165, 1.54) is 0 Å². The summed E-state index contributed by atoms with van der Waals surface area (Å²) in [7, 11) is 1.64. The van der Waals surface area contributed by atoms with E-state index in [1.54, 1.807) is 7.11 Å². The maximum Gasteiger partial charge on any atom is 0.246 e. The van der Waals surface area contributed by atoms with Crippen LogP contribution >= 0.6 is 0 Å². The van der Waals surface area contributed by atoms with E-state index in [-0.39, 0.29) is 5.91 Å².